The number of hydrogen-bond donors (Lipinski definition) is 2. The third kappa shape index (κ3) is 2.05. The number of halogens is 1. The lowest BCUT2D eigenvalue weighted by Crippen LogP contribution is -2.11. The van der Waals surface area contributed by atoms with Crippen LogP contribution in [0, 0.1) is 0 Å². The first kappa shape index (κ1) is 11.1. The predicted molar refractivity (Wildman–Crippen MR) is 69.0 cm³/mol. The Hall–Kier alpha value is -1.99. The lowest BCUT2D eigenvalue weighted by molar-refractivity contribution is 0.102. The van der Waals surface area contributed by atoms with Crippen LogP contribution < -0.4 is 5.32 Å². The fourth-order valence-corrected chi connectivity index (χ4v) is 2.23. The molecule has 0 atom stereocenters. The average molecular weight is 280 g/mol. The third-order valence-electron chi connectivity index (χ3n) is 2.29. The van der Waals surface area contributed by atoms with Crippen molar-refractivity contribution >= 4 is 45.4 Å². The van der Waals surface area contributed by atoms with E-state index in [9.17, 15) is 4.79 Å². The molecule has 0 fully saturated rings. The van der Waals surface area contributed by atoms with Gasteiger partial charge < -0.3 is 5.32 Å². The Bertz CT molecular complexity index is 722. The summed E-state index contributed by atoms with van der Waals surface area (Å²) in [6.45, 7) is 0. The van der Waals surface area contributed by atoms with E-state index in [2.05, 4.69) is 25.7 Å². The molecule has 0 saturated carbocycles. The number of aromatic amines is 1. The Morgan fingerprint density at radius 2 is 2.28 bits per heavy atom. The molecule has 2 aromatic heterocycles. The Kier molecular flexibility index (Phi) is 2.69. The molecule has 0 saturated heterocycles. The van der Waals surface area contributed by atoms with Crippen LogP contribution in [0.3, 0.4) is 0 Å². The van der Waals surface area contributed by atoms with Gasteiger partial charge in [-0.15, -0.1) is 10.2 Å². The molecule has 2 heterocycles. The lowest BCUT2D eigenvalue weighted by atomic mass is 10.2. The zero-order chi connectivity index (χ0) is 12.5. The number of carbonyl (C=O) groups is 1. The number of benzene rings is 1. The van der Waals surface area contributed by atoms with Gasteiger partial charge in [-0.05, 0) is 29.8 Å². The molecule has 0 aliphatic carbocycles. The molecule has 18 heavy (non-hydrogen) atoms. The van der Waals surface area contributed by atoms with Crippen LogP contribution in [0.2, 0.25) is 4.47 Å². The highest BCUT2D eigenvalue weighted by Gasteiger charge is 2.12. The highest BCUT2D eigenvalue weighted by molar-refractivity contribution is 7.17. The number of nitrogens with one attached hydrogen (secondary N) is 2. The summed E-state index contributed by atoms with van der Waals surface area (Å²) >= 11 is 6.66. The highest BCUT2D eigenvalue weighted by Crippen LogP contribution is 2.19. The molecule has 2 N–H and O–H groups in total. The van der Waals surface area contributed by atoms with Gasteiger partial charge in [-0.25, -0.2) is 0 Å². The van der Waals surface area contributed by atoms with E-state index in [0.717, 1.165) is 22.2 Å². The van der Waals surface area contributed by atoms with Gasteiger partial charge in [-0.3, -0.25) is 9.89 Å². The van der Waals surface area contributed by atoms with Crippen molar-refractivity contribution in [1.82, 2.24) is 20.4 Å². The first-order valence-electron chi connectivity index (χ1n) is 4.96. The maximum atomic E-state index is 11.8. The van der Waals surface area contributed by atoms with Crippen LogP contribution in [-0.4, -0.2) is 26.3 Å². The first-order valence-corrected chi connectivity index (χ1v) is 6.15. The molecule has 0 radical (unpaired) electrons. The number of fused-ring (bicyclic) bond motifs is 1. The number of nitrogens with zero attached hydrogens (tertiary/aromatic N) is 3. The molecular weight excluding hydrogens is 274 g/mol. The number of carbonyl (C=O) groups excluding carboxylic acids is 1. The Labute approximate surface area is 110 Å². The van der Waals surface area contributed by atoms with Gasteiger partial charge in [0.2, 0.25) is 9.47 Å². The maximum absolute atomic E-state index is 11.8. The fraction of sp³-hybridized carbons (Fsp3) is 0. The van der Waals surface area contributed by atoms with Crippen molar-refractivity contribution in [3.05, 3.63) is 33.9 Å². The standard InChI is InChI=1S/C10H6ClN5OS/c11-10-16-15-9(18-10)8(17)13-6-1-2-7-5(3-6)4-12-14-7/h1-4H,(H,12,14)(H,13,17). The van der Waals surface area contributed by atoms with Crippen molar-refractivity contribution in [2.75, 3.05) is 5.32 Å². The van der Waals surface area contributed by atoms with Crippen LogP contribution in [-0.2, 0) is 0 Å². The van der Waals surface area contributed by atoms with Crippen molar-refractivity contribution in [2.45, 2.75) is 0 Å². The normalized spacial score (nSPS) is 10.7. The second-order valence-corrected chi connectivity index (χ2v) is 5.05. The van der Waals surface area contributed by atoms with E-state index in [4.69, 9.17) is 11.6 Å². The summed E-state index contributed by atoms with van der Waals surface area (Å²) in [6.07, 6.45) is 1.69. The molecule has 3 aromatic rings. The van der Waals surface area contributed by atoms with Crippen molar-refractivity contribution in [2.24, 2.45) is 0 Å². The number of rotatable bonds is 2. The van der Waals surface area contributed by atoms with Gasteiger partial charge in [0.15, 0.2) is 0 Å². The largest absolute Gasteiger partial charge is 0.320 e. The Morgan fingerprint density at radius 1 is 1.39 bits per heavy atom. The van der Waals surface area contributed by atoms with Crippen molar-refractivity contribution < 1.29 is 4.79 Å². The van der Waals surface area contributed by atoms with Gasteiger partial charge in [-0.2, -0.15) is 5.10 Å². The monoisotopic (exact) mass is 279 g/mol. The average Bonchev–Trinajstić information content (AvgIpc) is 2.96. The van der Waals surface area contributed by atoms with E-state index < -0.39 is 0 Å². The summed E-state index contributed by atoms with van der Waals surface area (Å²) in [5, 5.41) is 17.9. The second-order valence-electron chi connectivity index (χ2n) is 3.49. The topological polar surface area (TPSA) is 83.6 Å². The summed E-state index contributed by atoms with van der Waals surface area (Å²) in [6, 6.07) is 5.44. The van der Waals surface area contributed by atoms with E-state index in [1.54, 1.807) is 12.3 Å². The molecule has 1 amide bonds. The van der Waals surface area contributed by atoms with Gasteiger partial charge in [0.1, 0.15) is 0 Å². The van der Waals surface area contributed by atoms with E-state index in [1.807, 2.05) is 12.1 Å². The van der Waals surface area contributed by atoms with Gasteiger partial charge in [-0.1, -0.05) is 11.3 Å². The number of anilines is 1. The van der Waals surface area contributed by atoms with E-state index >= 15 is 0 Å². The SMILES string of the molecule is O=C(Nc1ccc2[nH]ncc2c1)c1nnc(Cl)s1. The van der Waals surface area contributed by atoms with Crippen molar-refractivity contribution in [3.63, 3.8) is 0 Å². The molecule has 3 rings (SSSR count). The number of amides is 1. The molecule has 0 unspecified atom stereocenters. The van der Waals surface area contributed by atoms with Crippen LogP contribution in [0.5, 0.6) is 0 Å². The number of H-pyrrole nitrogens is 1. The van der Waals surface area contributed by atoms with Gasteiger partial charge in [0.25, 0.3) is 5.91 Å². The maximum Gasteiger partial charge on any atom is 0.286 e. The molecule has 0 bridgehead atoms. The third-order valence-corrected chi connectivity index (χ3v) is 3.31. The summed E-state index contributed by atoms with van der Waals surface area (Å²) in [5.41, 5.74) is 1.58. The van der Waals surface area contributed by atoms with Crippen molar-refractivity contribution in [3.8, 4) is 0 Å². The lowest BCUT2D eigenvalue weighted by Gasteiger charge is -2.01. The van der Waals surface area contributed by atoms with E-state index in [0.29, 0.717) is 5.69 Å². The number of aromatic nitrogens is 4. The minimum atomic E-state index is -0.331. The predicted octanol–water partition coefficient (Wildman–Crippen LogP) is 2.32. The molecule has 0 aliphatic rings. The second kappa shape index (κ2) is 4.35. The zero-order valence-corrected chi connectivity index (χ0v) is 10.4. The smallest absolute Gasteiger partial charge is 0.286 e. The summed E-state index contributed by atoms with van der Waals surface area (Å²) < 4.78 is 0.241. The highest BCUT2D eigenvalue weighted by atomic mass is 35.5. The quantitative estimate of drug-likeness (QED) is 0.754. The van der Waals surface area contributed by atoms with Crippen LogP contribution >= 0.6 is 22.9 Å². The molecular formula is C10H6ClN5OS. The van der Waals surface area contributed by atoms with E-state index in [-0.39, 0.29) is 15.4 Å². The summed E-state index contributed by atoms with van der Waals surface area (Å²) in [4.78, 5) is 11.8. The Morgan fingerprint density at radius 3 is 3.06 bits per heavy atom. The number of hydrogen-bond acceptors (Lipinski definition) is 5. The van der Waals surface area contributed by atoms with Gasteiger partial charge in [0.05, 0.1) is 11.7 Å². The van der Waals surface area contributed by atoms with Crippen LogP contribution in [0.25, 0.3) is 10.9 Å². The molecule has 8 heteroatoms. The minimum absolute atomic E-state index is 0.229. The molecule has 0 spiro atoms. The Balaban J connectivity index is 1.85. The minimum Gasteiger partial charge on any atom is -0.320 e. The van der Waals surface area contributed by atoms with E-state index in [1.165, 1.54) is 0 Å². The molecule has 1 aromatic carbocycles. The molecule has 90 valence electrons. The fourth-order valence-electron chi connectivity index (χ4n) is 1.50. The summed E-state index contributed by atoms with van der Waals surface area (Å²) in [7, 11) is 0. The van der Waals surface area contributed by atoms with Crippen LogP contribution in [0.1, 0.15) is 9.80 Å². The first-order chi connectivity index (χ1) is 8.72. The zero-order valence-electron chi connectivity index (χ0n) is 8.85. The van der Waals surface area contributed by atoms with Crippen LogP contribution in [0.4, 0.5) is 5.69 Å². The summed E-state index contributed by atoms with van der Waals surface area (Å²) in [5.74, 6) is -0.331. The van der Waals surface area contributed by atoms with Crippen LogP contribution in [0.15, 0.2) is 24.4 Å². The van der Waals surface area contributed by atoms with Gasteiger partial charge in [0, 0.05) is 11.1 Å². The van der Waals surface area contributed by atoms with Gasteiger partial charge >= 0.3 is 0 Å². The molecule has 0 aliphatic heterocycles. The molecule has 6 nitrogen and oxygen atoms in total. The van der Waals surface area contributed by atoms with Crippen molar-refractivity contribution in [1.29, 1.82) is 0 Å².